The molecule has 0 aromatic carbocycles. The van der Waals surface area contributed by atoms with E-state index in [4.69, 9.17) is 4.74 Å². The highest BCUT2D eigenvalue weighted by molar-refractivity contribution is 7.13. The molecule has 0 unspecified atom stereocenters. The zero-order valence-corrected chi connectivity index (χ0v) is 15.1. The molecule has 130 valence electrons. The van der Waals surface area contributed by atoms with Gasteiger partial charge in [0.15, 0.2) is 6.61 Å². The molecule has 6 heteroatoms. The van der Waals surface area contributed by atoms with Gasteiger partial charge >= 0.3 is 5.97 Å². The van der Waals surface area contributed by atoms with Crippen molar-refractivity contribution in [2.24, 2.45) is 17.8 Å². The Morgan fingerprint density at radius 2 is 1.75 bits per heavy atom. The van der Waals surface area contributed by atoms with Crippen LogP contribution in [-0.2, 0) is 9.53 Å². The van der Waals surface area contributed by atoms with E-state index in [2.05, 4.69) is 10.3 Å². The van der Waals surface area contributed by atoms with Gasteiger partial charge in [-0.2, -0.15) is 0 Å². The van der Waals surface area contributed by atoms with Crippen LogP contribution in [0.5, 0.6) is 0 Å². The van der Waals surface area contributed by atoms with Gasteiger partial charge in [-0.05, 0) is 70.1 Å². The Balaban J connectivity index is 1.34. The van der Waals surface area contributed by atoms with Crippen molar-refractivity contribution < 1.29 is 14.3 Å². The van der Waals surface area contributed by atoms with Crippen molar-refractivity contribution >= 4 is 23.2 Å². The van der Waals surface area contributed by atoms with Crippen molar-refractivity contribution in [1.82, 2.24) is 10.3 Å². The molecule has 0 radical (unpaired) electrons. The maximum atomic E-state index is 12.4. The van der Waals surface area contributed by atoms with E-state index in [1.54, 1.807) is 6.92 Å². The van der Waals surface area contributed by atoms with Crippen molar-refractivity contribution in [2.45, 2.75) is 57.9 Å². The van der Waals surface area contributed by atoms with Crippen LogP contribution >= 0.6 is 11.3 Å². The average Bonchev–Trinajstić information content (AvgIpc) is 2.81. The lowest BCUT2D eigenvalue weighted by Crippen LogP contribution is -2.60. The molecule has 4 bridgehead atoms. The van der Waals surface area contributed by atoms with Gasteiger partial charge in [0.05, 0.1) is 10.7 Å². The average molecular weight is 348 g/mol. The normalized spacial score (nSPS) is 33.5. The van der Waals surface area contributed by atoms with E-state index in [9.17, 15) is 9.59 Å². The number of hydrogen-bond acceptors (Lipinski definition) is 5. The minimum atomic E-state index is -0.446. The second kappa shape index (κ2) is 5.83. The van der Waals surface area contributed by atoms with Gasteiger partial charge in [-0.25, -0.2) is 9.78 Å². The number of aromatic nitrogens is 1. The summed E-state index contributed by atoms with van der Waals surface area (Å²) in [5.41, 5.74) is 0.638. The third-order valence-corrected chi connectivity index (χ3v) is 6.92. The zero-order valence-electron chi connectivity index (χ0n) is 14.3. The van der Waals surface area contributed by atoms with Crippen molar-refractivity contribution in [3.05, 3.63) is 15.6 Å². The van der Waals surface area contributed by atoms with Gasteiger partial charge in [-0.15, -0.1) is 11.3 Å². The minimum Gasteiger partial charge on any atom is -0.451 e. The highest BCUT2D eigenvalue weighted by atomic mass is 32.1. The minimum absolute atomic E-state index is 0.0325. The van der Waals surface area contributed by atoms with E-state index >= 15 is 0 Å². The Morgan fingerprint density at radius 3 is 2.25 bits per heavy atom. The monoisotopic (exact) mass is 348 g/mol. The van der Waals surface area contributed by atoms with E-state index in [-0.39, 0.29) is 18.1 Å². The molecule has 0 saturated heterocycles. The van der Waals surface area contributed by atoms with E-state index in [0.717, 1.165) is 42.0 Å². The van der Waals surface area contributed by atoms with Crippen LogP contribution < -0.4 is 5.32 Å². The van der Waals surface area contributed by atoms with Gasteiger partial charge in [0.1, 0.15) is 4.88 Å². The molecule has 5 nitrogen and oxygen atoms in total. The molecule has 4 fully saturated rings. The Kier molecular flexibility index (Phi) is 3.90. The summed E-state index contributed by atoms with van der Waals surface area (Å²) in [6, 6.07) is 0. The van der Waals surface area contributed by atoms with Crippen LogP contribution in [0.15, 0.2) is 0 Å². The number of carbonyl (C=O) groups excluding carboxylic acids is 2. The molecule has 4 aliphatic rings. The number of aryl methyl sites for hydroxylation is 2. The lowest BCUT2D eigenvalue weighted by atomic mass is 9.53. The molecule has 1 aromatic rings. The smallest absolute Gasteiger partial charge is 0.350 e. The van der Waals surface area contributed by atoms with Crippen molar-refractivity contribution in [3.8, 4) is 0 Å². The van der Waals surface area contributed by atoms with Crippen LogP contribution in [0.1, 0.15) is 58.9 Å². The van der Waals surface area contributed by atoms with Crippen LogP contribution in [0.2, 0.25) is 0 Å². The molecule has 4 aliphatic carbocycles. The Morgan fingerprint density at radius 1 is 1.17 bits per heavy atom. The van der Waals surface area contributed by atoms with Gasteiger partial charge in [-0.3, -0.25) is 4.79 Å². The van der Waals surface area contributed by atoms with Crippen LogP contribution in [0, 0.1) is 31.6 Å². The number of nitrogens with one attached hydrogen (secondary N) is 1. The molecule has 1 amide bonds. The topological polar surface area (TPSA) is 68.3 Å². The van der Waals surface area contributed by atoms with E-state index in [0.29, 0.717) is 10.6 Å². The molecule has 0 aliphatic heterocycles. The highest BCUT2D eigenvalue weighted by Gasteiger charge is 2.51. The predicted molar refractivity (Wildman–Crippen MR) is 90.9 cm³/mol. The maximum Gasteiger partial charge on any atom is 0.350 e. The maximum absolute atomic E-state index is 12.4. The molecule has 4 saturated carbocycles. The molecule has 24 heavy (non-hydrogen) atoms. The molecule has 1 aromatic heterocycles. The molecule has 5 rings (SSSR count). The summed E-state index contributed by atoms with van der Waals surface area (Å²) >= 11 is 1.31. The first-order valence-corrected chi connectivity index (χ1v) is 9.66. The predicted octanol–water partition coefficient (Wildman–Crippen LogP) is 3.00. The van der Waals surface area contributed by atoms with Crippen molar-refractivity contribution in [1.29, 1.82) is 0 Å². The second-order valence-electron chi connectivity index (χ2n) is 7.97. The summed E-state index contributed by atoms with van der Waals surface area (Å²) in [7, 11) is 0. The molecule has 0 atom stereocenters. The first-order chi connectivity index (χ1) is 11.4. The summed E-state index contributed by atoms with van der Waals surface area (Å²) in [6.45, 7) is 3.45. The molecule has 1 heterocycles. The zero-order chi connectivity index (χ0) is 16.9. The third-order valence-electron chi connectivity index (χ3n) is 5.87. The van der Waals surface area contributed by atoms with E-state index in [1.807, 2.05) is 6.92 Å². The highest BCUT2D eigenvalue weighted by Crippen LogP contribution is 2.55. The van der Waals surface area contributed by atoms with Crippen molar-refractivity contribution in [3.63, 3.8) is 0 Å². The standard InChI is InChI=1S/C18H24N2O3S/c1-10-16(24-11(2)19-10)17(22)23-9-15(21)20-18-6-12-3-13(7-18)5-14(4-12)8-18/h12-14H,3-9H2,1-2H3,(H,20,21). The fourth-order valence-electron chi connectivity index (χ4n) is 5.51. The molecule has 0 spiro atoms. The number of carbonyl (C=O) groups is 2. The second-order valence-corrected chi connectivity index (χ2v) is 9.17. The van der Waals surface area contributed by atoms with Crippen LogP contribution in [-0.4, -0.2) is 29.0 Å². The summed E-state index contributed by atoms with van der Waals surface area (Å²) in [6.07, 6.45) is 7.33. The fourth-order valence-corrected chi connectivity index (χ4v) is 6.33. The Labute approximate surface area is 146 Å². The largest absolute Gasteiger partial charge is 0.451 e. The summed E-state index contributed by atoms with van der Waals surface area (Å²) in [4.78, 5) is 29.2. The SMILES string of the molecule is Cc1nc(C)c(C(=O)OCC(=O)NC23CC4CC(CC(C4)C2)C3)s1. The van der Waals surface area contributed by atoms with Crippen LogP contribution in [0.4, 0.5) is 0 Å². The van der Waals surface area contributed by atoms with Gasteiger partial charge < -0.3 is 10.1 Å². The molecular formula is C18H24N2O3S. The fraction of sp³-hybridized carbons (Fsp3) is 0.722. The molecule has 1 N–H and O–H groups in total. The number of esters is 1. The number of hydrogen-bond donors (Lipinski definition) is 1. The Hall–Kier alpha value is -1.43. The van der Waals surface area contributed by atoms with Gasteiger partial charge in [-0.1, -0.05) is 0 Å². The van der Waals surface area contributed by atoms with Crippen LogP contribution in [0.25, 0.3) is 0 Å². The van der Waals surface area contributed by atoms with E-state index in [1.165, 1.54) is 30.6 Å². The van der Waals surface area contributed by atoms with Crippen molar-refractivity contribution in [2.75, 3.05) is 6.61 Å². The quantitative estimate of drug-likeness (QED) is 0.849. The summed E-state index contributed by atoms with van der Waals surface area (Å²) in [5, 5.41) is 4.05. The lowest BCUT2D eigenvalue weighted by molar-refractivity contribution is -0.130. The Bertz CT molecular complexity index is 647. The number of ether oxygens (including phenoxy) is 1. The number of nitrogens with zero attached hydrogens (tertiary/aromatic N) is 1. The first kappa shape index (κ1) is 16.1. The van der Waals surface area contributed by atoms with Gasteiger partial charge in [0.2, 0.25) is 0 Å². The third kappa shape index (κ3) is 2.96. The van der Waals surface area contributed by atoms with E-state index < -0.39 is 5.97 Å². The van der Waals surface area contributed by atoms with Gasteiger partial charge in [0.25, 0.3) is 5.91 Å². The number of amides is 1. The summed E-state index contributed by atoms with van der Waals surface area (Å²) < 4.78 is 5.22. The number of thiazole rings is 1. The lowest BCUT2D eigenvalue weighted by Gasteiger charge is -2.56. The summed E-state index contributed by atoms with van der Waals surface area (Å²) in [5.74, 6) is 1.73. The van der Waals surface area contributed by atoms with Gasteiger partial charge in [0, 0.05) is 5.54 Å². The first-order valence-electron chi connectivity index (χ1n) is 8.84. The van der Waals surface area contributed by atoms with Crippen LogP contribution in [0.3, 0.4) is 0 Å². The molecular weight excluding hydrogens is 324 g/mol. The number of rotatable bonds is 4.